The smallest absolute Gasteiger partial charge is 0.101 e. The molecule has 0 spiro atoms. The second-order valence-corrected chi connectivity index (χ2v) is 5.38. The van der Waals surface area contributed by atoms with E-state index in [9.17, 15) is 5.11 Å². The number of halogens is 2. The van der Waals surface area contributed by atoms with E-state index < -0.39 is 0 Å². The van der Waals surface area contributed by atoms with Crippen molar-refractivity contribution in [1.29, 1.82) is 5.26 Å². The highest BCUT2D eigenvalue weighted by molar-refractivity contribution is 6.44. The molecule has 1 heterocycles. The van der Waals surface area contributed by atoms with Crippen LogP contribution in [0.4, 0.5) is 5.69 Å². The summed E-state index contributed by atoms with van der Waals surface area (Å²) in [6.45, 7) is 4.60. The molecule has 0 saturated carbocycles. The lowest BCUT2D eigenvalue weighted by molar-refractivity contribution is 0.170. The van der Waals surface area contributed by atoms with Crippen LogP contribution in [-0.2, 0) is 0 Å². The van der Waals surface area contributed by atoms with Crippen molar-refractivity contribution >= 4 is 28.9 Å². The van der Waals surface area contributed by atoms with Crippen LogP contribution in [0.5, 0.6) is 0 Å². The summed E-state index contributed by atoms with van der Waals surface area (Å²) in [7, 11) is 0. The molecule has 1 aliphatic heterocycles. The molecule has 1 fully saturated rings. The number of benzene rings is 1. The molecule has 2 rings (SSSR count). The third-order valence-electron chi connectivity index (χ3n) is 3.49. The van der Waals surface area contributed by atoms with Crippen molar-refractivity contribution in [2.45, 2.75) is 32.4 Å². The molecule has 2 unspecified atom stereocenters. The van der Waals surface area contributed by atoms with E-state index in [1.54, 1.807) is 6.07 Å². The van der Waals surface area contributed by atoms with E-state index in [4.69, 9.17) is 28.5 Å². The zero-order chi connectivity index (χ0) is 13.4. The largest absolute Gasteiger partial charge is 0.391 e. The van der Waals surface area contributed by atoms with E-state index in [1.807, 2.05) is 19.9 Å². The molecular formula is C13H14Cl2N2O. The standard InChI is InChI=1S/C13H14Cl2N2O/c1-7-5-9(6-16)11(14)12(15)13(7)17-4-3-10(18)8(17)2/h5,8,10,18H,3-4H2,1-2H3. The Hall–Kier alpha value is -0.950. The minimum atomic E-state index is -0.352. The van der Waals surface area contributed by atoms with Crippen molar-refractivity contribution < 1.29 is 5.11 Å². The van der Waals surface area contributed by atoms with Crippen LogP contribution in [-0.4, -0.2) is 23.8 Å². The lowest BCUT2D eigenvalue weighted by Crippen LogP contribution is -2.32. The Morgan fingerprint density at radius 1 is 1.44 bits per heavy atom. The summed E-state index contributed by atoms with van der Waals surface area (Å²) in [6.07, 6.45) is 0.365. The van der Waals surface area contributed by atoms with Gasteiger partial charge in [0.1, 0.15) is 6.07 Å². The number of anilines is 1. The molecule has 1 N–H and O–H groups in total. The summed E-state index contributed by atoms with van der Waals surface area (Å²) in [6, 6.07) is 3.77. The first kappa shape index (κ1) is 13.5. The second kappa shape index (κ2) is 4.97. The van der Waals surface area contributed by atoms with Crippen molar-refractivity contribution in [1.82, 2.24) is 0 Å². The molecule has 0 radical (unpaired) electrons. The average Bonchev–Trinajstić information content (AvgIpc) is 2.66. The molecule has 0 aliphatic carbocycles. The van der Waals surface area contributed by atoms with Gasteiger partial charge in [-0.25, -0.2) is 0 Å². The van der Waals surface area contributed by atoms with Crippen molar-refractivity contribution in [3.05, 3.63) is 27.2 Å². The molecule has 18 heavy (non-hydrogen) atoms. The van der Waals surface area contributed by atoms with Crippen LogP contribution in [0.1, 0.15) is 24.5 Å². The first-order valence-electron chi connectivity index (χ1n) is 5.80. The van der Waals surface area contributed by atoms with E-state index in [0.717, 1.165) is 17.8 Å². The van der Waals surface area contributed by atoms with Gasteiger partial charge in [-0.2, -0.15) is 5.26 Å². The van der Waals surface area contributed by atoms with Gasteiger partial charge in [0.15, 0.2) is 0 Å². The SMILES string of the molecule is Cc1cc(C#N)c(Cl)c(Cl)c1N1CCC(O)C1C. The van der Waals surface area contributed by atoms with Crippen LogP contribution in [0.3, 0.4) is 0 Å². The molecule has 1 saturated heterocycles. The maximum Gasteiger partial charge on any atom is 0.101 e. The van der Waals surface area contributed by atoms with Gasteiger partial charge in [-0.15, -0.1) is 0 Å². The lowest BCUT2D eigenvalue weighted by Gasteiger charge is -2.28. The molecule has 96 valence electrons. The van der Waals surface area contributed by atoms with Crippen LogP contribution in [0.15, 0.2) is 6.07 Å². The van der Waals surface area contributed by atoms with E-state index in [1.165, 1.54) is 0 Å². The van der Waals surface area contributed by atoms with Crippen molar-refractivity contribution in [3.8, 4) is 6.07 Å². The molecule has 3 nitrogen and oxygen atoms in total. The van der Waals surface area contributed by atoms with Crippen molar-refractivity contribution in [3.63, 3.8) is 0 Å². The maximum absolute atomic E-state index is 9.81. The minimum Gasteiger partial charge on any atom is -0.391 e. The van der Waals surface area contributed by atoms with E-state index >= 15 is 0 Å². The Kier molecular flexibility index (Phi) is 3.72. The van der Waals surface area contributed by atoms with Crippen LogP contribution in [0.25, 0.3) is 0 Å². The van der Waals surface area contributed by atoms with Crippen LogP contribution < -0.4 is 4.90 Å². The minimum absolute atomic E-state index is 0.00482. The number of aryl methyl sites for hydroxylation is 1. The number of aliphatic hydroxyl groups excluding tert-OH is 1. The van der Waals surface area contributed by atoms with Gasteiger partial charge in [-0.3, -0.25) is 0 Å². The Bertz CT molecular complexity index is 525. The molecule has 0 amide bonds. The van der Waals surface area contributed by atoms with Gasteiger partial charge < -0.3 is 10.0 Å². The quantitative estimate of drug-likeness (QED) is 0.862. The molecule has 5 heteroatoms. The molecule has 0 bridgehead atoms. The normalized spacial score (nSPS) is 23.2. The fourth-order valence-electron chi connectivity index (χ4n) is 2.42. The van der Waals surface area contributed by atoms with Crippen LogP contribution in [0.2, 0.25) is 10.0 Å². The molecule has 0 aromatic heterocycles. The molecule has 1 aromatic carbocycles. The zero-order valence-corrected chi connectivity index (χ0v) is 11.8. The third kappa shape index (κ3) is 2.05. The van der Waals surface area contributed by atoms with Gasteiger partial charge in [0.05, 0.1) is 33.4 Å². The Morgan fingerprint density at radius 2 is 2.11 bits per heavy atom. The topological polar surface area (TPSA) is 47.3 Å². The van der Waals surface area contributed by atoms with Gasteiger partial charge in [0, 0.05) is 6.54 Å². The Balaban J connectivity index is 2.53. The lowest BCUT2D eigenvalue weighted by atomic mass is 10.1. The fourth-order valence-corrected chi connectivity index (χ4v) is 2.96. The number of hydrogen-bond acceptors (Lipinski definition) is 3. The van der Waals surface area contributed by atoms with Gasteiger partial charge >= 0.3 is 0 Å². The first-order valence-corrected chi connectivity index (χ1v) is 6.56. The highest BCUT2D eigenvalue weighted by Gasteiger charge is 2.32. The summed E-state index contributed by atoms with van der Waals surface area (Å²) >= 11 is 12.4. The van der Waals surface area contributed by atoms with E-state index in [-0.39, 0.29) is 17.2 Å². The number of nitriles is 1. The second-order valence-electron chi connectivity index (χ2n) is 4.62. The number of hydrogen-bond donors (Lipinski definition) is 1. The predicted octanol–water partition coefficient (Wildman–Crippen LogP) is 3.13. The molecule has 2 atom stereocenters. The van der Waals surface area contributed by atoms with Crippen LogP contribution >= 0.6 is 23.2 Å². The molecule has 1 aromatic rings. The molecular weight excluding hydrogens is 271 g/mol. The maximum atomic E-state index is 9.81. The average molecular weight is 285 g/mol. The van der Waals surface area contributed by atoms with E-state index in [2.05, 4.69) is 4.90 Å². The van der Waals surface area contributed by atoms with E-state index in [0.29, 0.717) is 17.0 Å². The summed E-state index contributed by atoms with van der Waals surface area (Å²) in [4.78, 5) is 2.05. The summed E-state index contributed by atoms with van der Waals surface area (Å²) in [5, 5.41) is 19.5. The van der Waals surface area contributed by atoms with Crippen LogP contribution in [0, 0.1) is 18.3 Å². The van der Waals surface area contributed by atoms with Crippen molar-refractivity contribution in [2.75, 3.05) is 11.4 Å². The number of nitrogens with zero attached hydrogens (tertiary/aromatic N) is 2. The molecule has 1 aliphatic rings. The third-order valence-corrected chi connectivity index (χ3v) is 4.35. The predicted molar refractivity (Wildman–Crippen MR) is 73.3 cm³/mol. The summed E-state index contributed by atoms with van der Waals surface area (Å²) in [5.41, 5.74) is 2.11. The fraction of sp³-hybridized carbons (Fsp3) is 0.462. The van der Waals surface area contributed by atoms with Gasteiger partial charge in [-0.05, 0) is 31.9 Å². The van der Waals surface area contributed by atoms with Gasteiger partial charge in [0.25, 0.3) is 0 Å². The number of rotatable bonds is 1. The van der Waals surface area contributed by atoms with Gasteiger partial charge in [-0.1, -0.05) is 23.2 Å². The highest BCUT2D eigenvalue weighted by atomic mass is 35.5. The summed E-state index contributed by atoms with van der Waals surface area (Å²) in [5.74, 6) is 0. The first-order chi connectivity index (χ1) is 8.47. The Morgan fingerprint density at radius 3 is 2.61 bits per heavy atom. The Labute approximate surface area is 117 Å². The number of aliphatic hydroxyl groups is 1. The van der Waals surface area contributed by atoms with Crippen molar-refractivity contribution in [2.24, 2.45) is 0 Å². The zero-order valence-electron chi connectivity index (χ0n) is 10.2. The summed E-state index contributed by atoms with van der Waals surface area (Å²) < 4.78 is 0. The monoisotopic (exact) mass is 284 g/mol. The van der Waals surface area contributed by atoms with Gasteiger partial charge in [0.2, 0.25) is 0 Å². The highest BCUT2D eigenvalue weighted by Crippen LogP contribution is 2.40.